The summed E-state index contributed by atoms with van der Waals surface area (Å²) < 4.78 is 18.9. The quantitative estimate of drug-likeness (QED) is 0.310. The molecular formula is C28H23FN4O2S. The normalized spacial score (nSPS) is 14.4. The summed E-state index contributed by atoms with van der Waals surface area (Å²) in [5, 5.41) is 6.93. The Hall–Kier alpha value is -3.88. The maximum absolute atomic E-state index is 13.9. The van der Waals surface area contributed by atoms with Gasteiger partial charge in [-0.05, 0) is 35.2 Å². The van der Waals surface area contributed by atoms with Gasteiger partial charge in [-0.15, -0.1) is 11.3 Å². The van der Waals surface area contributed by atoms with E-state index in [2.05, 4.69) is 10.1 Å². The summed E-state index contributed by atoms with van der Waals surface area (Å²) in [4.78, 5) is 23.7. The van der Waals surface area contributed by atoms with Crippen LogP contribution in [-0.4, -0.2) is 52.0 Å². The third kappa shape index (κ3) is 4.41. The Morgan fingerprint density at radius 2 is 1.75 bits per heavy atom. The molecule has 1 aliphatic heterocycles. The lowest BCUT2D eigenvalue weighted by Gasteiger charge is -2.35. The molecule has 0 unspecified atom stereocenters. The van der Waals surface area contributed by atoms with Crippen LogP contribution in [-0.2, 0) is 6.54 Å². The summed E-state index contributed by atoms with van der Waals surface area (Å²) in [5.41, 5.74) is 4.17. The first-order valence-corrected chi connectivity index (χ1v) is 12.7. The minimum Gasteiger partial charge on any atom is -0.336 e. The van der Waals surface area contributed by atoms with Gasteiger partial charge in [-0.2, -0.15) is 0 Å². The predicted octanol–water partition coefficient (Wildman–Crippen LogP) is 5.72. The number of thiophene rings is 1. The van der Waals surface area contributed by atoms with Crippen molar-refractivity contribution in [1.82, 2.24) is 19.9 Å². The Morgan fingerprint density at radius 1 is 0.972 bits per heavy atom. The zero-order valence-electron chi connectivity index (χ0n) is 19.4. The number of fused-ring (bicyclic) bond motifs is 1. The highest BCUT2D eigenvalue weighted by atomic mass is 32.1. The molecule has 1 aliphatic rings. The molecule has 6 nitrogen and oxygen atoms in total. The van der Waals surface area contributed by atoms with E-state index in [0.717, 1.165) is 35.6 Å². The van der Waals surface area contributed by atoms with Crippen molar-refractivity contribution in [3.8, 4) is 21.8 Å². The number of amides is 1. The van der Waals surface area contributed by atoms with Crippen LogP contribution in [0, 0.1) is 5.82 Å². The van der Waals surface area contributed by atoms with E-state index in [9.17, 15) is 9.18 Å². The smallest absolute Gasteiger partial charge is 0.259 e. The van der Waals surface area contributed by atoms with E-state index in [-0.39, 0.29) is 11.7 Å². The van der Waals surface area contributed by atoms with Gasteiger partial charge in [0, 0.05) is 38.3 Å². The molecule has 180 valence electrons. The summed E-state index contributed by atoms with van der Waals surface area (Å²) in [6.07, 6.45) is 0. The molecule has 0 radical (unpaired) electrons. The van der Waals surface area contributed by atoms with Crippen LogP contribution in [0.1, 0.15) is 15.9 Å². The van der Waals surface area contributed by atoms with Crippen LogP contribution in [0.5, 0.6) is 0 Å². The predicted molar refractivity (Wildman–Crippen MR) is 138 cm³/mol. The molecule has 36 heavy (non-hydrogen) atoms. The van der Waals surface area contributed by atoms with Crippen molar-refractivity contribution in [1.29, 1.82) is 0 Å². The van der Waals surface area contributed by atoms with Crippen LogP contribution in [0.25, 0.3) is 32.9 Å². The van der Waals surface area contributed by atoms with E-state index < -0.39 is 0 Å². The van der Waals surface area contributed by atoms with E-state index >= 15 is 0 Å². The average Bonchev–Trinajstić information content (AvgIpc) is 3.61. The molecule has 3 aromatic heterocycles. The Labute approximate surface area is 211 Å². The highest BCUT2D eigenvalue weighted by Crippen LogP contribution is 2.34. The maximum atomic E-state index is 13.9. The SMILES string of the molecule is O=C(c1cc(-c2cccs2)nc2onc(-c3ccccc3)c12)N1CCN(Cc2ccc(F)cc2)CC1. The summed E-state index contributed by atoms with van der Waals surface area (Å²) in [7, 11) is 0. The Kier molecular flexibility index (Phi) is 6.04. The second kappa shape index (κ2) is 9.64. The zero-order valence-corrected chi connectivity index (χ0v) is 20.2. The number of pyridine rings is 1. The molecule has 6 rings (SSSR count). The fourth-order valence-corrected chi connectivity index (χ4v) is 5.28. The van der Waals surface area contributed by atoms with Crippen molar-refractivity contribution in [2.75, 3.05) is 26.2 Å². The lowest BCUT2D eigenvalue weighted by Crippen LogP contribution is -2.48. The molecule has 8 heteroatoms. The van der Waals surface area contributed by atoms with Gasteiger partial charge in [0.1, 0.15) is 11.5 Å². The van der Waals surface area contributed by atoms with Crippen molar-refractivity contribution < 1.29 is 13.7 Å². The fraction of sp³-hybridized carbons (Fsp3) is 0.179. The lowest BCUT2D eigenvalue weighted by molar-refractivity contribution is 0.0630. The molecule has 0 N–H and O–H groups in total. The van der Waals surface area contributed by atoms with Gasteiger partial charge < -0.3 is 9.42 Å². The van der Waals surface area contributed by atoms with Crippen LogP contribution in [0.2, 0.25) is 0 Å². The molecule has 1 fully saturated rings. The molecule has 0 atom stereocenters. The number of carbonyl (C=O) groups is 1. The van der Waals surface area contributed by atoms with Crippen LogP contribution in [0.15, 0.2) is 82.7 Å². The maximum Gasteiger partial charge on any atom is 0.259 e. The van der Waals surface area contributed by atoms with Crippen molar-refractivity contribution >= 4 is 28.3 Å². The van der Waals surface area contributed by atoms with E-state index in [4.69, 9.17) is 9.51 Å². The second-order valence-electron chi connectivity index (χ2n) is 8.80. The number of halogens is 1. The van der Waals surface area contributed by atoms with Gasteiger partial charge in [0.05, 0.1) is 21.5 Å². The number of aromatic nitrogens is 2. The van der Waals surface area contributed by atoms with Crippen LogP contribution >= 0.6 is 11.3 Å². The van der Waals surface area contributed by atoms with E-state index in [1.165, 1.54) is 12.1 Å². The number of hydrogen-bond donors (Lipinski definition) is 0. The molecule has 0 bridgehead atoms. The van der Waals surface area contributed by atoms with E-state index in [0.29, 0.717) is 41.1 Å². The van der Waals surface area contributed by atoms with E-state index in [1.807, 2.05) is 70.9 Å². The summed E-state index contributed by atoms with van der Waals surface area (Å²) in [5.74, 6) is -0.287. The minimum absolute atomic E-state index is 0.0537. The zero-order chi connectivity index (χ0) is 24.5. The average molecular weight is 499 g/mol. The van der Waals surface area contributed by atoms with Crippen molar-refractivity contribution in [3.05, 3.63) is 95.1 Å². The summed E-state index contributed by atoms with van der Waals surface area (Å²) in [6.45, 7) is 3.41. The summed E-state index contributed by atoms with van der Waals surface area (Å²) >= 11 is 1.57. The largest absolute Gasteiger partial charge is 0.336 e. The topological polar surface area (TPSA) is 62.5 Å². The number of carbonyl (C=O) groups excluding carboxylic acids is 1. The number of nitrogens with zero attached hydrogens (tertiary/aromatic N) is 4. The first-order chi connectivity index (χ1) is 17.7. The first kappa shape index (κ1) is 22.6. The van der Waals surface area contributed by atoms with Crippen LogP contribution in [0.3, 0.4) is 0 Å². The Balaban J connectivity index is 1.31. The molecule has 0 spiro atoms. The number of benzene rings is 2. The fourth-order valence-electron chi connectivity index (χ4n) is 4.59. The highest BCUT2D eigenvalue weighted by molar-refractivity contribution is 7.13. The van der Waals surface area contributed by atoms with Gasteiger partial charge in [-0.25, -0.2) is 9.37 Å². The highest BCUT2D eigenvalue weighted by Gasteiger charge is 2.28. The number of piperazine rings is 1. The van der Waals surface area contributed by atoms with Crippen molar-refractivity contribution in [3.63, 3.8) is 0 Å². The molecule has 2 aromatic carbocycles. The van der Waals surface area contributed by atoms with Crippen molar-refractivity contribution in [2.45, 2.75) is 6.54 Å². The molecule has 5 aromatic rings. The van der Waals surface area contributed by atoms with Gasteiger partial charge in [0.15, 0.2) is 0 Å². The Bertz CT molecular complexity index is 1490. The van der Waals surface area contributed by atoms with Gasteiger partial charge >= 0.3 is 0 Å². The number of rotatable bonds is 5. The van der Waals surface area contributed by atoms with Crippen LogP contribution < -0.4 is 0 Å². The third-order valence-electron chi connectivity index (χ3n) is 6.48. The van der Waals surface area contributed by atoms with Crippen LogP contribution in [0.4, 0.5) is 4.39 Å². The third-order valence-corrected chi connectivity index (χ3v) is 7.37. The minimum atomic E-state index is -0.233. The molecule has 4 heterocycles. The molecule has 0 saturated carbocycles. The monoisotopic (exact) mass is 498 g/mol. The van der Waals surface area contributed by atoms with Gasteiger partial charge in [0.2, 0.25) is 0 Å². The summed E-state index contributed by atoms with van der Waals surface area (Å²) in [6, 6.07) is 22.1. The Morgan fingerprint density at radius 3 is 2.47 bits per heavy atom. The van der Waals surface area contributed by atoms with E-state index in [1.54, 1.807) is 11.3 Å². The van der Waals surface area contributed by atoms with Gasteiger partial charge in [-0.1, -0.05) is 53.7 Å². The molecule has 1 saturated heterocycles. The lowest BCUT2D eigenvalue weighted by atomic mass is 10.0. The first-order valence-electron chi connectivity index (χ1n) is 11.8. The molecular weight excluding hydrogens is 475 g/mol. The van der Waals surface area contributed by atoms with Gasteiger partial charge in [0.25, 0.3) is 11.6 Å². The van der Waals surface area contributed by atoms with Crippen molar-refractivity contribution in [2.24, 2.45) is 0 Å². The second-order valence-corrected chi connectivity index (χ2v) is 9.75. The van der Waals surface area contributed by atoms with Gasteiger partial charge in [-0.3, -0.25) is 9.69 Å². The number of hydrogen-bond acceptors (Lipinski definition) is 6. The molecule has 1 amide bonds. The standard InChI is InChI=1S/C28H23FN4O2S/c29-21-10-8-19(9-11-21)18-32-12-14-33(15-13-32)28(34)22-17-23(24-7-4-16-36-24)30-27-25(22)26(31-35-27)20-5-2-1-3-6-20/h1-11,16-17H,12-15,18H2. The molecule has 0 aliphatic carbocycles.